The van der Waals surface area contributed by atoms with Gasteiger partial charge in [-0.2, -0.15) is 0 Å². The number of aryl methyl sites for hydroxylation is 1. The Morgan fingerprint density at radius 2 is 1.85 bits per heavy atom. The average Bonchev–Trinajstić information content (AvgIpc) is 2.48. The van der Waals surface area contributed by atoms with Crippen LogP contribution in [0.25, 0.3) is 10.9 Å². The van der Waals surface area contributed by atoms with Crippen LogP contribution in [0.5, 0.6) is 0 Å². The van der Waals surface area contributed by atoms with E-state index in [0.29, 0.717) is 11.3 Å². The van der Waals surface area contributed by atoms with Crippen LogP contribution in [0.15, 0.2) is 54.6 Å². The number of fused-ring (bicyclic) bond motifs is 1. The maximum absolute atomic E-state index is 13.3. The van der Waals surface area contributed by atoms with E-state index in [1.165, 1.54) is 12.1 Å². The first kappa shape index (κ1) is 12.5. The van der Waals surface area contributed by atoms with Crippen molar-refractivity contribution in [2.24, 2.45) is 0 Å². The van der Waals surface area contributed by atoms with Gasteiger partial charge in [-0.1, -0.05) is 30.3 Å². The van der Waals surface area contributed by atoms with Gasteiger partial charge in [-0.15, -0.1) is 0 Å². The molecule has 0 saturated heterocycles. The van der Waals surface area contributed by atoms with Crippen LogP contribution in [0.4, 0.5) is 4.39 Å². The minimum absolute atomic E-state index is 0.257. The first-order chi connectivity index (χ1) is 9.65. The molecule has 3 rings (SSSR count). The molecule has 0 aliphatic rings. The Kier molecular flexibility index (Phi) is 3.03. The zero-order chi connectivity index (χ0) is 14.1. The Morgan fingerprint density at radius 1 is 1.05 bits per heavy atom. The van der Waals surface area contributed by atoms with Gasteiger partial charge in [-0.25, -0.2) is 9.37 Å². The van der Waals surface area contributed by atoms with E-state index in [2.05, 4.69) is 4.98 Å². The summed E-state index contributed by atoms with van der Waals surface area (Å²) in [5.41, 5.74) is 2.18. The zero-order valence-electron chi connectivity index (χ0n) is 10.9. The number of pyridine rings is 1. The number of rotatable bonds is 2. The van der Waals surface area contributed by atoms with E-state index in [4.69, 9.17) is 0 Å². The average molecular weight is 265 g/mol. The Bertz CT molecular complexity index is 811. The van der Waals surface area contributed by atoms with Crippen molar-refractivity contribution in [1.29, 1.82) is 0 Å². The summed E-state index contributed by atoms with van der Waals surface area (Å²) in [5, 5.41) is 0.972. The number of carbonyl (C=O) groups is 1. The van der Waals surface area contributed by atoms with Crippen LogP contribution in [0.3, 0.4) is 0 Å². The van der Waals surface area contributed by atoms with Crippen molar-refractivity contribution in [1.82, 2.24) is 4.98 Å². The van der Waals surface area contributed by atoms with Gasteiger partial charge in [-0.05, 0) is 36.8 Å². The summed E-state index contributed by atoms with van der Waals surface area (Å²) in [6.45, 7) is 1.79. The van der Waals surface area contributed by atoms with Crippen LogP contribution >= 0.6 is 0 Å². The smallest absolute Gasteiger partial charge is 0.211 e. The van der Waals surface area contributed by atoms with E-state index in [0.717, 1.165) is 16.5 Å². The van der Waals surface area contributed by atoms with Crippen LogP contribution in [-0.4, -0.2) is 10.8 Å². The summed E-state index contributed by atoms with van der Waals surface area (Å²) in [6.07, 6.45) is 0. The second kappa shape index (κ2) is 4.85. The first-order valence-electron chi connectivity index (χ1n) is 6.32. The van der Waals surface area contributed by atoms with Gasteiger partial charge >= 0.3 is 0 Å². The molecule has 3 aromatic rings. The van der Waals surface area contributed by atoms with Crippen molar-refractivity contribution in [2.45, 2.75) is 6.92 Å². The number of carbonyl (C=O) groups excluding carboxylic acids is 1. The van der Waals surface area contributed by atoms with Gasteiger partial charge in [-0.3, -0.25) is 4.79 Å². The zero-order valence-corrected chi connectivity index (χ0v) is 10.9. The molecular formula is C17H12FNO. The lowest BCUT2D eigenvalue weighted by atomic mass is 10.0. The molecule has 0 fully saturated rings. The van der Waals surface area contributed by atoms with Crippen LogP contribution < -0.4 is 0 Å². The molecule has 0 bridgehead atoms. The topological polar surface area (TPSA) is 30.0 Å². The molecule has 0 aliphatic heterocycles. The Hall–Kier alpha value is -2.55. The molecule has 0 aliphatic carbocycles. The Labute approximate surface area is 115 Å². The summed E-state index contributed by atoms with van der Waals surface area (Å²) in [4.78, 5) is 16.8. The van der Waals surface area contributed by atoms with E-state index in [9.17, 15) is 9.18 Å². The third-order valence-corrected chi connectivity index (χ3v) is 3.28. The van der Waals surface area contributed by atoms with Gasteiger partial charge in [0.05, 0.1) is 5.52 Å². The largest absolute Gasteiger partial charge is 0.287 e. The van der Waals surface area contributed by atoms with E-state index in [1.807, 2.05) is 30.3 Å². The molecule has 0 unspecified atom stereocenters. The molecule has 0 N–H and O–H groups in total. The van der Waals surface area contributed by atoms with Crippen LogP contribution in [0.1, 0.15) is 21.6 Å². The normalized spacial score (nSPS) is 10.7. The fourth-order valence-electron chi connectivity index (χ4n) is 2.17. The number of hydrogen-bond acceptors (Lipinski definition) is 2. The maximum Gasteiger partial charge on any atom is 0.211 e. The molecule has 1 heterocycles. The minimum Gasteiger partial charge on any atom is -0.287 e. The molecule has 0 radical (unpaired) electrons. The van der Waals surface area contributed by atoms with Gasteiger partial charge in [0.25, 0.3) is 0 Å². The van der Waals surface area contributed by atoms with Crippen molar-refractivity contribution in [3.05, 3.63) is 77.2 Å². The predicted molar refractivity (Wildman–Crippen MR) is 76.3 cm³/mol. The van der Waals surface area contributed by atoms with Gasteiger partial charge in [0.1, 0.15) is 11.5 Å². The fourth-order valence-corrected chi connectivity index (χ4v) is 2.17. The molecule has 20 heavy (non-hydrogen) atoms. The van der Waals surface area contributed by atoms with Crippen LogP contribution in [-0.2, 0) is 0 Å². The van der Waals surface area contributed by atoms with Crippen LogP contribution in [0.2, 0.25) is 0 Å². The highest BCUT2D eigenvalue weighted by Crippen LogP contribution is 2.17. The van der Waals surface area contributed by atoms with Gasteiger partial charge < -0.3 is 0 Å². The third-order valence-electron chi connectivity index (χ3n) is 3.28. The second-order valence-corrected chi connectivity index (χ2v) is 4.68. The minimum atomic E-state index is -0.417. The highest BCUT2D eigenvalue weighted by atomic mass is 19.1. The second-order valence-electron chi connectivity index (χ2n) is 4.68. The number of aromatic nitrogens is 1. The molecule has 0 atom stereocenters. The highest BCUT2D eigenvalue weighted by Gasteiger charge is 2.14. The Balaban J connectivity index is 2.10. The van der Waals surface area contributed by atoms with Crippen molar-refractivity contribution >= 4 is 16.7 Å². The molecule has 3 heteroatoms. The first-order valence-corrected chi connectivity index (χ1v) is 6.32. The van der Waals surface area contributed by atoms with E-state index in [1.54, 1.807) is 19.1 Å². The predicted octanol–water partition coefficient (Wildman–Crippen LogP) is 3.91. The molecule has 0 saturated carbocycles. The monoisotopic (exact) mass is 265 g/mol. The highest BCUT2D eigenvalue weighted by molar-refractivity contribution is 6.09. The van der Waals surface area contributed by atoms with E-state index >= 15 is 0 Å². The Morgan fingerprint density at radius 3 is 2.70 bits per heavy atom. The van der Waals surface area contributed by atoms with Crippen molar-refractivity contribution < 1.29 is 9.18 Å². The van der Waals surface area contributed by atoms with Crippen molar-refractivity contribution in [3.8, 4) is 0 Å². The van der Waals surface area contributed by atoms with Crippen LogP contribution in [0, 0.1) is 12.7 Å². The number of para-hydroxylation sites is 1. The SMILES string of the molecule is Cc1ccc(F)cc1C(=O)c1ccc2ccccc2n1. The lowest BCUT2D eigenvalue weighted by molar-refractivity contribution is 0.103. The number of halogens is 1. The van der Waals surface area contributed by atoms with E-state index in [-0.39, 0.29) is 5.78 Å². The molecule has 2 nitrogen and oxygen atoms in total. The lowest BCUT2D eigenvalue weighted by Gasteiger charge is -2.05. The van der Waals surface area contributed by atoms with Gasteiger partial charge in [0.15, 0.2) is 0 Å². The number of benzene rings is 2. The summed E-state index contributed by atoms with van der Waals surface area (Å²) in [5.74, 6) is -0.674. The van der Waals surface area contributed by atoms with E-state index < -0.39 is 5.82 Å². The fraction of sp³-hybridized carbons (Fsp3) is 0.0588. The third kappa shape index (κ3) is 2.18. The molecule has 2 aromatic carbocycles. The van der Waals surface area contributed by atoms with Crippen molar-refractivity contribution in [2.75, 3.05) is 0 Å². The molecule has 1 aromatic heterocycles. The number of nitrogens with zero attached hydrogens (tertiary/aromatic N) is 1. The summed E-state index contributed by atoms with van der Waals surface area (Å²) < 4.78 is 13.3. The molecule has 0 spiro atoms. The summed E-state index contributed by atoms with van der Waals surface area (Å²) in [6, 6.07) is 15.3. The molecule has 98 valence electrons. The van der Waals surface area contributed by atoms with Crippen molar-refractivity contribution in [3.63, 3.8) is 0 Å². The van der Waals surface area contributed by atoms with Gasteiger partial charge in [0.2, 0.25) is 5.78 Å². The standard InChI is InChI=1S/C17H12FNO/c1-11-6-8-13(18)10-14(11)17(20)16-9-7-12-4-2-3-5-15(12)19-16/h2-10H,1H3. The molecule has 0 amide bonds. The molecular weight excluding hydrogens is 253 g/mol. The number of ketones is 1. The quantitative estimate of drug-likeness (QED) is 0.657. The number of hydrogen-bond donors (Lipinski definition) is 0. The summed E-state index contributed by atoms with van der Waals surface area (Å²) in [7, 11) is 0. The summed E-state index contributed by atoms with van der Waals surface area (Å²) >= 11 is 0. The lowest BCUT2D eigenvalue weighted by Crippen LogP contribution is -2.06. The maximum atomic E-state index is 13.3. The van der Waals surface area contributed by atoms with Gasteiger partial charge in [0, 0.05) is 10.9 Å².